The summed E-state index contributed by atoms with van der Waals surface area (Å²) in [6.45, 7) is 19.5. The van der Waals surface area contributed by atoms with Crippen molar-refractivity contribution in [3.05, 3.63) is 0 Å². The van der Waals surface area contributed by atoms with Crippen molar-refractivity contribution in [3.8, 4) is 0 Å². The lowest BCUT2D eigenvalue weighted by molar-refractivity contribution is 0.00738. The third-order valence-electron chi connectivity index (χ3n) is 3.57. The zero-order chi connectivity index (χ0) is 16.4. The minimum Gasteiger partial charge on any atom is -0.420 e. The van der Waals surface area contributed by atoms with Crippen LogP contribution in [0.3, 0.4) is 0 Å². The van der Waals surface area contributed by atoms with Gasteiger partial charge in [-0.25, -0.2) is 0 Å². The predicted octanol–water partition coefficient (Wildman–Crippen LogP) is 3.52. The first kappa shape index (κ1) is 19.5. The molecular formula is C14H34O4Si3. The van der Waals surface area contributed by atoms with Crippen LogP contribution >= 0.6 is 0 Å². The first-order chi connectivity index (χ1) is 9.47. The third kappa shape index (κ3) is 5.56. The molecule has 0 saturated carbocycles. The summed E-state index contributed by atoms with van der Waals surface area (Å²) in [6, 6.07) is 0. The zero-order valence-electron chi connectivity index (χ0n) is 15.2. The van der Waals surface area contributed by atoms with Crippen LogP contribution in [0.1, 0.15) is 62.3 Å². The van der Waals surface area contributed by atoms with Crippen LogP contribution in [0.5, 0.6) is 0 Å². The normalized spacial score (nSPS) is 31.4. The third-order valence-corrected chi connectivity index (χ3v) is 15.3. The summed E-state index contributed by atoms with van der Waals surface area (Å²) in [5.41, 5.74) is 1.17. The van der Waals surface area contributed by atoms with Crippen molar-refractivity contribution in [3.63, 3.8) is 0 Å². The summed E-state index contributed by atoms with van der Waals surface area (Å²) < 4.78 is 25.4. The number of ether oxygens (including phenoxy) is 1. The molecule has 126 valence electrons. The van der Waals surface area contributed by atoms with Gasteiger partial charge in [0.1, 0.15) is 0 Å². The van der Waals surface area contributed by atoms with Crippen molar-refractivity contribution in [1.82, 2.24) is 0 Å². The molecule has 1 saturated heterocycles. The van der Waals surface area contributed by atoms with Gasteiger partial charge in [0.05, 0.1) is 11.8 Å². The Kier molecular flexibility index (Phi) is 6.86. The minimum absolute atomic E-state index is 0.163. The van der Waals surface area contributed by atoms with Crippen LogP contribution < -0.4 is 0 Å². The van der Waals surface area contributed by atoms with Crippen molar-refractivity contribution in [2.75, 3.05) is 6.23 Å². The van der Waals surface area contributed by atoms with E-state index < -0.39 is 27.1 Å². The highest BCUT2D eigenvalue weighted by Crippen LogP contribution is 2.35. The molecule has 2 unspecified atom stereocenters. The lowest BCUT2D eigenvalue weighted by atomic mass is 10.2. The van der Waals surface area contributed by atoms with Crippen LogP contribution in [0, 0.1) is 0 Å². The van der Waals surface area contributed by atoms with E-state index in [1.54, 1.807) is 0 Å². The fourth-order valence-corrected chi connectivity index (χ4v) is 16.8. The topological polar surface area (TPSA) is 36.9 Å². The van der Waals surface area contributed by atoms with Crippen LogP contribution in [0.4, 0.5) is 0 Å². The quantitative estimate of drug-likeness (QED) is 0.711. The van der Waals surface area contributed by atoms with Gasteiger partial charge in [0.25, 0.3) is 0 Å². The molecule has 1 fully saturated rings. The Labute approximate surface area is 135 Å². The molecule has 1 heterocycles. The van der Waals surface area contributed by atoms with Gasteiger partial charge in [-0.1, -0.05) is 41.5 Å². The summed E-state index contributed by atoms with van der Waals surface area (Å²) >= 11 is 0. The fraction of sp³-hybridized carbons (Fsp3) is 1.00. The van der Waals surface area contributed by atoms with E-state index in [1.807, 2.05) is 0 Å². The second-order valence-corrected chi connectivity index (χ2v) is 18.1. The molecule has 1 aliphatic heterocycles. The van der Waals surface area contributed by atoms with Gasteiger partial charge >= 0.3 is 27.1 Å². The van der Waals surface area contributed by atoms with Gasteiger partial charge in [-0.05, 0) is 37.4 Å². The minimum atomic E-state index is -2.35. The van der Waals surface area contributed by atoms with Gasteiger partial charge < -0.3 is 17.1 Å². The Morgan fingerprint density at radius 2 is 1.33 bits per heavy atom. The lowest BCUT2D eigenvalue weighted by Gasteiger charge is -2.47. The van der Waals surface area contributed by atoms with E-state index in [-0.39, 0.29) is 5.60 Å². The highest BCUT2D eigenvalue weighted by molar-refractivity contribution is 6.84. The van der Waals surface area contributed by atoms with Crippen LogP contribution in [0.15, 0.2) is 0 Å². The smallest absolute Gasteiger partial charge is 0.349 e. The van der Waals surface area contributed by atoms with Gasteiger partial charge in [0.2, 0.25) is 0 Å². The monoisotopic (exact) mass is 350 g/mol. The largest absolute Gasteiger partial charge is 0.420 e. The van der Waals surface area contributed by atoms with E-state index in [0.29, 0.717) is 22.9 Å². The molecule has 1 rings (SSSR count). The summed E-state index contributed by atoms with van der Waals surface area (Å²) in [7, 11) is -5.67. The van der Waals surface area contributed by atoms with Crippen molar-refractivity contribution in [1.29, 1.82) is 0 Å². The van der Waals surface area contributed by atoms with Gasteiger partial charge in [0.15, 0.2) is 0 Å². The van der Waals surface area contributed by atoms with Crippen molar-refractivity contribution in [2.45, 2.75) is 84.5 Å². The molecule has 4 nitrogen and oxygen atoms in total. The first-order valence-electron chi connectivity index (χ1n) is 8.12. The van der Waals surface area contributed by atoms with Gasteiger partial charge in [-0.3, -0.25) is 0 Å². The standard InChI is InChI=1S/C14H34O4Si3/c1-11(2)19-16-20(12(3)4)18-21(17-19,13(5)6)10-15-14(7,8)9/h11-13,19-20H,10H2,1-9H3. The predicted molar refractivity (Wildman–Crippen MR) is 94.3 cm³/mol. The Balaban J connectivity index is 2.97. The molecule has 0 aromatic carbocycles. The maximum atomic E-state index is 6.52. The Bertz CT molecular complexity index is 313. The summed E-state index contributed by atoms with van der Waals surface area (Å²) in [4.78, 5) is 0. The van der Waals surface area contributed by atoms with Crippen LogP contribution in [-0.2, 0) is 17.1 Å². The number of rotatable bonds is 5. The molecule has 0 N–H and O–H groups in total. The highest BCUT2D eigenvalue weighted by atomic mass is 28.5. The van der Waals surface area contributed by atoms with E-state index >= 15 is 0 Å². The fourth-order valence-electron chi connectivity index (χ4n) is 2.02. The Morgan fingerprint density at radius 3 is 1.62 bits per heavy atom. The van der Waals surface area contributed by atoms with Gasteiger partial charge in [0, 0.05) is 0 Å². The van der Waals surface area contributed by atoms with Crippen molar-refractivity contribution >= 4 is 27.1 Å². The maximum absolute atomic E-state index is 6.52. The molecule has 0 amide bonds. The van der Waals surface area contributed by atoms with E-state index in [1.165, 1.54) is 0 Å². The Hall–Kier alpha value is 0.491. The van der Waals surface area contributed by atoms with E-state index in [9.17, 15) is 0 Å². The average Bonchev–Trinajstić information content (AvgIpc) is 2.34. The highest BCUT2D eigenvalue weighted by Gasteiger charge is 2.52. The Morgan fingerprint density at radius 1 is 0.905 bits per heavy atom. The molecule has 0 aromatic rings. The molecular weight excluding hydrogens is 316 g/mol. The molecule has 1 aliphatic rings. The summed E-state index contributed by atoms with van der Waals surface area (Å²) in [5, 5.41) is 0. The zero-order valence-corrected chi connectivity index (χ0v) is 18.5. The second kappa shape index (κ2) is 7.37. The van der Waals surface area contributed by atoms with E-state index in [2.05, 4.69) is 62.3 Å². The average molecular weight is 351 g/mol. The molecule has 0 radical (unpaired) electrons. The SMILES string of the molecule is CC(C)[SiH]1O[SiH](C(C)C)O[Si](COC(C)(C)C)(C(C)C)O1. The first-order valence-corrected chi connectivity index (χ1v) is 13.4. The lowest BCUT2D eigenvalue weighted by Crippen LogP contribution is -2.64. The van der Waals surface area contributed by atoms with Gasteiger partial charge in [-0.2, -0.15) is 0 Å². The maximum Gasteiger partial charge on any atom is 0.349 e. The molecule has 7 heteroatoms. The van der Waals surface area contributed by atoms with E-state index in [0.717, 1.165) is 0 Å². The van der Waals surface area contributed by atoms with Crippen LogP contribution in [0.25, 0.3) is 0 Å². The second-order valence-electron chi connectivity index (χ2n) is 7.96. The molecule has 0 aromatic heterocycles. The summed E-state index contributed by atoms with van der Waals surface area (Å²) in [5.74, 6) is 0. The number of hydrogen-bond acceptors (Lipinski definition) is 4. The molecule has 2 atom stereocenters. The summed E-state index contributed by atoms with van der Waals surface area (Å²) in [6.07, 6.45) is 0.615. The van der Waals surface area contributed by atoms with Crippen molar-refractivity contribution < 1.29 is 17.1 Å². The molecule has 0 spiro atoms. The van der Waals surface area contributed by atoms with Gasteiger partial charge in [-0.15, -0.1) is 0 Å². The van der Waals surface area contributed by atoms with Crippen molar-refractivity contribution in [2.24, 2.45) is 0 Å². The molecule has 0 aliphatic carbocycles. The molecule has 21 heavy (non-hydrogen) atoms. The van der Waals surface area contributed by atoms with Crippen LogP contribution in [0.2, 0.25) is 16.6 Å². The van der Waals surface area contributed by atoms with Crippen LogP contribution in [-0.4, -0.2) is 39.0 Å². The molecule has 0 bridgehead atoms. The number of hydrogen-bond donors (Lipinski definition) is 0. The van der Waals surface area contributed by atoms with E-state index in [4.69, 9.17) is 17.1 Å².